The number of hydrogen-bond acceptors (Lipinski definition) is 3. The van der Waals surface area contributed by atoms with Crippen molar-refractivity contribution in [3.63, 3.8) is 0 Å². The van der Waals surface area contributed by atoms with Crippen LogP contribution in [0, 0.1) is 12.8 Å². The molecule has 3 nitrogen and oxygen atoms in total. The summed E-state index contributed by atoms with van der Waals surface area (Å²) >= 11 is 0. The van der Waals surface area contributed by atoms with Crippen molar-refractivity contribution in [3.8, 4) is 5.75 Å². The van der Waals surface area contributed by atoms with Crippen LogP contribution in [0.5, 0.6) is 5.75 Å². The maximum absolute atomic E-state index is 5.50. The molecular formula is C17H27NO2. The Morgan fingerprint density at radius 1 is 1.35 bits per heavy atom. The number of aryl methyl sites for hydroxylation is 1. The molecule has 0 spiro atoms. The van der Waals surface area contributed by atoms with Crippen molar-refractivity contribution in [2.45, 2.75) is 39.2 Å². The minimum atomic E-state index is 0.434. The van der Waals surface area contributed by atoms with Gasteiger partial charge in [-0.25, -0.2) is 0 Å². The quantitative estimate of drug-likeness (QED) is 0.863. The highest BCUT2D eigenvalue weighted by Crippen LogP contribution is 2.32. The molecular weight excluding hydrogens is 250 g/mol. The molecule has 0 radical (unpaired) electrons. The summed E-state index contributed by atoms with van der Waals surface area (Å²) < 4.78 is 10.9. The molecule has 1 aromatic rings. The molecule has 1 N–H and O–H groups in total. The maximum Gasteiger partial charge on any atom is 0.121 e. The van der Waals surface area contributed by atoms with E-state index >= 15 is 0 Å². The molecule has 3 heteroatoms. The lowest BCUT2D eigenvalue weighted by Crippen LogP contribution is -2.32. The molecule has 1 heterocycles. The van der Waals surface area contributed by atoms with Gasteiger partial charge in [-0.3, -0.25) is 0 Å². The largest absolute Gasteiger partial charge is 0.496 e. The molecule has 1 saturated heterocycles. The molecule has 20 heavy (non-hydrogen) atoms. The van der Waals surface area contributed by atoms with Gasteiger partial charge in [-0.2, -0.15) is 0 Å². The Labute approximate surface area is 122 Å². The van der Waals surface area contributed by atoms with Crippen molar-refractivity contribution < 1.29 is 9.47 Å². The van der Waals surface area contributed by atoms with Crippen LogP contribution in [0.2, 0.25) is 0 Å². The summed E-state index contributed by atoms with van der Waals surface area (Å²) in [6.07, 6.45) is 3.45. The van der Waals surface area contributed by atoms with Crippen LogP contribution >= 0.6 is 0 Å². The molecule has 1 unspecified atom stereocenters. The van der Waals surface area contributed by atoms with Gasteiger partial charge in [-0.15, -0.1) is 0 Å². The van der Waals surface area contributed by atoms with Crippen LogP contribution in [0.3, 0.4) is 0 Å². The standard InChI is InChI=1S/C17H27NO2/c1-4-9-18-17(14-7-10-20-11-8-14)15-5-6-16(19-3)13(2)12-15/h5-6,12,14,17-18H,4,7-11H2,1-3H3. The number of rotatable bonds is 6. The van der Waals surface area contributed by atoms with Gasteiger partial charge in [0.25, 0.3) is 0 Å². The van der Waals surface area contributed by atoms with Crippen molar-refractivity contribution in [1.82, 2.24) is 5.32 Å². The lowest BCUT2D eigenvalue weighted by molar-refractivity contribution is 0.0536. The molecule has 112 valence electrons. The van der Waals surface area contributed by atoms with Crippen LogP contribution in [0.4, 0.5) is 0 Å². The van der Waals surface area contributed by atoms with Gasteiger partial charge in [0.2, 0.25) is 0 Å². The smallest absolute Gasteiger partial charge is 0.121 e. The number of benzene rings is 1. The van der Waals surface area contributed by atoms with E-state index < -0.39 is 0 Å². The van der Waals surface area contributed by atoms with Gasteiger partial charge in [0.15, 0.2) is 0 Å². The molecule has 0 saturated carbocycles. The third kappa shape index (κ3) is 3.74. The van der Waals surface area contributed by atoms with Crippen LogP contribution in [-0.2, 0) is 4.74 Å². The second-order valence-corrected chi connectivity index (χ2v) is 5.61. The van der Waals surface area contributed by atoms with Gasteiger partial charge >= 0.3 is 0 Å². The number of methoxy groups -OCH3 is 1. The average molecular weight is 277 g/mol. The summed E-state index contributed by atoms with van der Waals surface area (Å²) in [6.45, 7) is 7.18. The number of hydrogen-bond donors (Lipinski definition) is 1. The Morgan fingerprint density at radius 2 is 2.10 bits per heavy atom. The zero-order chi connectivity index (χ0) is 14.4. The second kappa shape index (κ2) is 7.65. The van der Waals surface area contributed by atoms with E-state index in [2.05, 4.69) is 37.4 Å². The Hall–Kier alpha value is -1.06. The zero-order valence-electron chi connectivity index (χ0n) is 12.9. The summed E-state index contributed by atoms with van der Waals surface area (Å²) in [4.78, 5) is 0. The first kappa shape index (κ1) is 15.3. The van der Waals surface area contributed by atoms with Crippen molar-refractivity contribution in [3.05, 3.63) is 29.3 Å². The van der Waals surface area contributed by atoms with Crippen LogP contribution in [0.25, 0.3) is 0 Å². The lowest BCUT2D eigenvalue weighted by atomic mass is 9.86. The van der Waals surface area contributed by atoms with E-state index in [0.29, 0.717) is 12.0 Å². The number of ether oxygens (including phenoxy) is 2. The molecule has 0 amide bonds. The first-order chi connectivity index (χ1) is 9.76. The van der Waals surface area contributed by atoms with Gasteiger partial charge in [-0.05, 0) is 55.8 Å². The highest BCUT2D eigenvalue weighted by atomic mass is 16.5. The van der Waals surface area contributed by atoms with Crippen molar-refractivity contribution in [2.75, 3.05) is 26.9 Å². The molecule has 0 aliphatic carbocycles. The summed E-state index contributed by atoms with van der Waals surface area (Å²) in [5.41, 5.74) is 2.59. The Balaban J connectivity index is 2.18. The van der Waals surface area contributed by atoms with Gasteiger partial charge < -0.3 is 14.8 Å². The third-order valence-electron chi connectivity index (χ3n) is 4.13. The van der Waals surface area contributed by atoms with Gasteiger partial charge in [0.05, 0.1) is 7.11 Å². The van der Waals surface area contributed by atoms with Crippen LogP contribution in [0.1, 0.15) is 43.4 Å². The summed E-state index contributed by atoms with van der Waals surface area (Å²) in [6, 6.07) is 6.99. The fourth-order valence-corrected chi connectivity index (χ4v) is 3.00. The van der Waals surface area contributed by atoms with Crippen LogP contribution in [0.15, 0.2) is 18.2 Å². The molecule has 1 aliphatic rings. The van der Waals surface area contributed by atoms with Crippen molar-refractivity contribution >= 4 is 0 Å². The van der Waals surface area contributed by atoms with E-state index in [0.717, 1.165) is 44.8 Å². The fraction of sp³-hybridized carbons (Fsp3) is 0.647. The minimum absolute atomic E-state index is 0.434. The molecule has 1 aromatic carbocycles. The molecule has 0 bridgehead atoms. The molecule has 1 fully saturated rings. The third-order valence-corrected chi connectivity index (χ3v) is 4.13. The van der Waals surface area contributed by atoms with Gasteiger partial charge in [0, 0.05) is 19.3 Å². The topological polar surface area (TPSA) is 30.5 Å². The molecule has 2 rings (SSSR count). The first-order valence-corrected chi connectivity index (χ1v) is 7.72. The second-order valence-electron chi connectivity index (χ2n) is 5.61. The highest BCUT2D eigenvalue weighted by molar-refractivity contribution is 5.37. The van der Waals surface area contributed by atoms with Crippen LogP contribution < -0.4 is 10.1 Å². The highest BCUT2D eigenvalue weighted by Gasteiger charge is 2.25. The molecule has 1 aliphatic heterocycles. The van der Waals surface area contributed by atoms with Gasteiger partial charge in [0.1, 0.15) is 5.75 Å². The van der Waals surface area contributed by atoms with Gasteiger partial charge in [-0.1, -0.05) is 19.1 Å². The summed E-state index contributed by atoms with van der Waals surface area (Å²) in [5, 5.41) is 3.72. The fourth-order valence-electron chi connectivity index (χ4n) is 3.00. The maximum atomic E-state index is 5.50. The minimum Gasteiger partial charge on any atom is -0.496 e. The predicted molar refractivity (Wildman–Crippen MR) is 82.3 cm³/mol. The van der Waals surface area contributed by atoms with E-state index in [1.807, 2.05) is 0 Å². The van der Waals surface area contributed by atoms with Crippen LogP contribution in [-0.4, -0.2) is 26.9 Å². The Bertz CT molecular complexity index is 413. The SMILES string of the molecule is CCCNC(c1ccc(OC)c(C)c1)C1CCOCC1. The van der Waals surface area contributed by atoms with E-state index in [9.17, 15) is 0 Å². The van der Waals surface area contributed by atoms with E-state index in [-0.39, 0.29) is 0 Å². The van der Waals surface area contributed by atoms with E-state index in [1.54, 1.807) is 7.11 Å². The monoisotopic (exact) mass is 277 g/mol. The predicted octanol–water partition coefficient (Wildman–Crippen LogP) is 3.47. The lowest BCUT2D eigenvalue weighted by Gasteiger charge is -2.32. The molecule has 0 aromatic heterocycles. The van der Waals surface area contributed by atoms with Crippen molar-refractivity contribution in [1.29, 1.82) is 0 Å². The Morgan fingerprint density at radius 3 is 2.70 bits per heavy atom. The zero-order valence-corrected chi connectivity index (χ0v) is 12.9. The number of nitrogens with one attached hydrogen (secondary N) is 1. The normalized spacial score (nSPS) is 17.9. The Kier molecular flexibility index (Phi) is 5.86. The van der Waals surface area contributed by atoms with E-state index in [4.69, 9.17) is 9.47 Å². The molecule has 1 atom stereocenters. The summed E-state index contributed by atoms with van der Waals surface area (Å²) in [5.74, 6) is 1.64. The van der Waals surface area contributed by atoms with E-state index in [1.165, 1.54) is 11.1 Å². The summed E-state index contributed by atoms with van der Waals surface area (Å²) in [7, 11) is 1.73. The first-order valence-electron chi connectivity index (χ1n) is 7.72. The van der Waals surface area contributed by atoms with Crippen molar-refractivity contribution in [2.24, 2.45) is 5.92 Å². The average Bonchev–Trinajstić information content (AvgIpc) is 2.49.